The van der Waals surface area contributed by atoms with Crippen LogP contribution < -0.4 is 5.32 Å². The lowest BCUT2D eigenvalue weighted by molar-refractivity contribution is 0.116. The highest BCUT2D eigenvalue weighted by Gasteiger charge is 2.39. The summed E-state index contributed by atoms with van der Waals surface area (Å²) in [4.78, 5) is 0. The Morgan fingerprint density at radius 3 is 2.55 bits per heavy atom. The van der Waals surface area contributed by atoms with Crippen molar-refractivity contribution in [3.05, 3.63) is 41.5 Å². The zero-order valence-corrected chi connectivity index (χ0v) is 12.3. The third-order valence-corrected chi connectivity index (χ3v) is 4.72. The Morgan fingerprint density at radius 2 is 1.85 bits per heavy atom. The maximum atomic E-state index is 9.54. The summed E-state index contributed by atoms with van der Waals surface area (Å²) in [6.07, 6.45) is 7.73. The first-order chi connectivity index (χ1) is 9.72. The molecular formula is C18H25NO. The average Bonchev–Trinajstić information content (AvgIpc) is 3.22. The lowest BCUT2D eigenvalue weighted by Gasteiger charge is -2.26. The van der Waals surface area contributed by atoms with Crippen molar-refractivity contribution in [2.75, 3.05) is 0 Å². The molecule has 2 nitrogen and oxygen atoms in total. The molecule has 1 aromatic rings. The molecule has 2 aliphatic carbocycles. The number of hydrogen-bond donors (Lipinski definition) is 2. The fourth-order valence-corrected chi connectivity index (χ4v) is 3.35. The number of rotatable bonds is 4. The number of hydrogen-bond acceptors (Lipinski definition) is 2. The van der Waals surface area contributed by atoms with Crippen molar-refractivity contribution in [2.24, 2.45) is 5.92 Å². The molecule has 2 saturated carbocycles. The van der Waals surface area contributed by atoms with Crippen molar-refractivity contribution in [3.63, 3.8) is 0 Å². The smallest absolute Gasteiger partial charge is 0.0541 e. The van der Waals surface area contributed by atoms with Crippen molar-refractivity contribution in [1.82, 2.24) is 5.32 Å². The van der Waals surface area contributed by atoms with E-state index in [0.29, 0.717) is 18.0 Å². The quantitative estimate of drug-likeness (QED) is 0.880. The van der Waals surface area contributed by atoms with Crippen LogP contribution in [0.2, 0.25) is 0 Å². The molecule has 3 rings (SSSR count). The van der Waals surface area contributed by atoms with E-state index >= 15 is 0 Å². The molecule has 0 aliphatic heterocycles. The van der Waals surface area contributed by atoms with Crippen LogP contribution in [0, 0.1) is 5.92 Å². The SMILES string of the molecule is C/C(=C\c1ccccc1)[C@@H]1C[C@H]1NC1CCC(O)CC1. The molecule has 2 N–H and O–H groups in total. The molecule has 0 unspecified atom stereocenters. The van der Waals surface area contributed by atoms with Gasteiger partial charge in [-0.1, -0.05) is 42.0 Å². The molecule has 2 fully saturated rings. The van der Waals surface area contributed by atoms with Crippen LogP contribution >= 0.6 is 0 Å². The predicted molar refractivity (Wildman–Crippen MR) is 83.4 cm³/mol. The van der Waals surface area contributed by atoms with Gasteiger partial charge >= 0.3 is 0 Å². The Bertz CT molecular complexity index is 460. The topological polar surface area (TPSA) is 32.3 Å². The highest BCUT2D eigenvalue weighted by atomic mass is 16.3. The largest absolute Gasteiger partial charge is 0.393 e. The van der Waals surface area contributed by atoms with Gasteiger partial charge in [0, 0.05) is 12.1 Å². The van der Waals surface area contributed by atoms with Gasteiger partial charge in [0.05, 0.1) is 6.10 Å². The first-order valence-electron chi connectivity index (χ1n) is 7.90. The summed E-state index contributed by atoms with van der Waals surface area (Å²) >= 11 is 0. The van der Waals surface area contributed by atoms with Crippen LogP contribution in [0.5, 0.6) is 0 Å². The third-order valence-electron chi connectivity index (χ3n) is 4.72. The van der Waals surface area contributed by atoms with Crippen LogP contribution in [-0.2, 0) is 0 Å². The number of aliphatic hydroxyl groups is 1. The maximum Gasteiger partial charge on any atom is 0.0541 e. The average molecular weight is 271 g/mol. The molecular weight excluding hydrogens is 246 g/mol. The van der Waals surface area contributed by atoms with E-state index in [4.69, 9.17) is 0 Å². The molecule has 0 bridgehead atoms. The van der Waals surface area contributed by atoms with E-state index in [0.717, 1.165) is 25.7 Å². The summed E-state index contributed by atoms with van der Waals surface area (Å²) in [6.45, 7) is 2.25. The second-order valence-corrected chi connectivity index (χ2v) is 6.42. The van der Waals surface area contributed by atoms with Gasteiger partial charge in [0.15, 0.2) is 0 Å². The highest BCUT2D eigenvalue weighted by Crippen LogP contribution is 2.39. The zero-order valence-electron chi connectivity index (χ0n) is 12.3. The summed E-state index contributed by atoms with van der Waals surface area (Å²) < 4.78 is 0. The van der Waals surface area contributed by atoms with Crippen LogP contribution in [0.25, 0.3) is 6.08 Å². The third kappa shape index (κ3) is 3.50. The van der Waals surface area contributed by atoms with E-state index in [1.807, 2.05) is 0 Å². The molecule has 2 heteroatoms. The second kappa shape index (κ2) is 6.11. The highest BCUT2D eigenvalue weighted by molar-refractivity contribution is 5.53. The maximum absolute atomic E-state index is 9.54. The molecule has 0 spiro atoms. The fraction of sp³-hybridized carbons (Fsp3) is 0.556. The molecule has 1 aromatic carbocycles. The summed E-state index contributed by atoms with van der Waals surface area (Å²) in [6, 6.07) is 11.9. The van der Waals surface area contributed by atoms with E-state index in [1.54, 1.807) is 0 Å². The number of benzene rings is 1. The number of aliphatic hydroxyl groups excluding tert-OH is 1. The lowest BCUT2D eigenvalue weighted by atomic mass is 9.93. The standard InChI is InChI=1S/C18H25NO/c1-13(11-14-5-3-2-4-6-14)17-12-18(17)19-15-7-9-16(20)10-8-15/h2-6,11,15-20H,7-10,12H2,1H3/b13-11+/t15?,16?,17-,18+/m0/s1. The minimum atomic E-state index is -0.0530. The summed E-state index contributed by atoms with van der Waals surface area (Å²) in [7, 11) is 0. The monoisotopic (exact) mass is 271 g/mol. The van der Waals surface area contributed by atoms with E-state index in [-0.39, 0.29) is 6.10 Å². The molecule has 108 valence electrons. The van der Waals surface area contributed by atoms with Crippen molar-refractivity contribution in [2.45, 2.75) is 57.2 Å². The lowest BCUT2D eigenvalue weighted by Crippen LogP contribution is -2.36. The van der Waals surface area contributed by atoms with E-state index in [9.17, 15) is 5.11 Å². The zero-order chi connectivity index (χ0) is 13.9. The van der Waals surface area contributed by atoms with Crippen LogP contribution in [0.4, 0.5) is 0 Å². The Balaban J connectivity index is 1.50. The van der Waals surface area contributed by atoms with Gasteiger partial charge in [-0.05, 0) is 50.5 Å². The molecule has 0 heterocycles. The van der Waals surface area contributed by atoms with Gasteiger partial charge in [0.2, 0.25) is 0 Å². The van der Waals surface area contributed by atoms with Gasteiger partial charge in [-0.3, -0.25) is 0 Å². The number of nitrogens with one attached hydrogen (secondary N) is 1. The molecule has 2 atom stereocenters. The van der Waals surface area contributed by atoms with Gasteiger partial charge < -0.3 is 10.4 Å². The first kappa shape index (κ1) is 13.8. The molecule has 0 aromatic heterocycles. The normalized spacial score (nSPS) is 34.0. The van der Waals surface area contributed by atoms with Gasteiger partial charge in [0.25, 0.3) is 0 Å². The molecule has 20 heavy (non-hydrogen) atoms. The Kier molecular flexibility index (Phi) is 4.23. The first-order valence-corrected chi connectivity index (χ1v) is 7.90. The van der Waals surface area contributed by atoms with Crippen LogP contribution in [-0.4, -0.2) is 23.3 Å². The van der Waals surface area contributed by atoms with Gasteiger partial charge in [-0.15, -0.1) is 0 Å². The summed E-state index contributed by atoms with van der Waals surface area (Å²) in [5, 5.41) is 13.3. The molecule has 0 saturated heterocycles. The van der Waals surface area contributed by atoms with Crippen molar-refractivity contribution in [3.8, 4) is 0 Å². The fourth-order valence-electron chi connectivity index (χ4n) is 3.35. The summed E-state index contributed by atoms with van der Waals surface area (Å²) in [5.41, 5.74) is 2.79. The second-order valence-electron chi connectivity index (χ2n) is 6.42. The van der Waals surface area contributed by atoms with Crippen LogP contribution in [0.15, 0.2) is 35.9 Å². The molecule has 0 amide bonds. The van der Waals surface area contributed by atoms with E-state index in [1.165, 1.54) is 17.6 Å². The Morgan fingerprint density at radius 1 is 1.15 bits per heavy atom. The molecule has 2 aliphatic rings. The van der Waals surface area contributed by atoms with Crippen molar-refractivity contribution < 1.29 is 5.11 Å². The predicted octanol–water partition coefficient (Wildman–Crippen LogP) is 3.37. The van der Waals surface area contributed by atoms with Crippen LogP contribution in [0.1, 0.15) is 44.6 Å². The van der Waals surface area contributed by atoms with E-state index < -0.39 is 0 Å². The molecule has 0 radical (unpaired) electrons. The van der Waals surface area contributed by atoms with Gasteiger partial charge in [0.1, 0.15) is 0 Å². The minimum Gasteiger partial charge on any atom is -0.393 e. The van der Waals surface area contributed by atoms with Crippen LogP contribution in [0.3, 0.4) is 0 Å². The Labute approximate surface area is 121 Å². The van der Waals surface area contributed by atoms with Gasteiger partial charge in [-0.25, -0.2) is 0 Å². The Hall–Kier alpha value is -1.12. The van der Waals surface area contributed by atoms with Crippen molar-refractivity contribution in [1.29, 1.82) is 0 Å². The van der Waals surface area contributed by atoms with Gasteiger partial charge in [-0.2, -0.15) is 0 Å². The summed E-state index contributed by atoms with van der Waals surface area (Å²) in [5.74, 6) is 0.710. The minimum absolute atomic E-state index is 0.0530. The van der Waals surface area contributed by atoms with Crippen molar-refractivity contribution >= 4 is 6.08 Å². The van der Waals surface area contributed by atoms with E-state index in [2.05, 4.69) is 48.6 Å².